The van der Waals surface area contributed by atoms with E-state index in [1.54, 1.807) is 0 Å². The largest absolute Gasteiger partial charge is 0.743 e. The molecule has 4 aliphatic carbocycles. The normalized spacial score (nSPS) is 29.3. The Morgan fingerprint density at radius 2 is 1.58 bits per heavy atom. The Balaban J connectivity index is 0.000000256. The zero-order valence-electron chi connectivity index (χ0n) is 24.9. The summed E-state index contributed by atoms with van der Waals surface area (Å²) < 4.78 is 94.1. The molecule has 6 rings (SSSR count). The number of ether oxygens (including phenoxy) is 2. The number of rotatable bonds is 7. The second-order valence-electron chi connectivity index (χ2n) is 13.3. The highest BCUT2D eigenvalue weighted by Gasteiger charge is 2.63. The summed E-state index contributed by atoms with van der Waals surface area (Å²) in [5.41, 5.74) is -0.317. The molecule has 1 heterocycles. The van der Waals surface area contributed by atoms with Gasteiger partial charge >= 0.3 is 17.1 Å². The molecule has 0 amide bonds. The third-order valence-corrected chi connectivity index (χ3v) is 12.0. The van der Waals surface area contributed by atoms with Gasteiger partial charge in [0.1, 0.15) is 11.5 Å². The molecule has 7 nitrogen and oxygen atoms in total. The van der Waals surface area contributed by atoms with Crippen molar-refractivity contribution in [2.75, 3.05) is 31.3 Å². The van der Waals surface area contributed by atoms with Crippen molar-refractivity contribution in [3.05, 3.63) is 29.8 Å². The first-order chi connectivity index (χ1) is 19.3. The minimum absolute atomic E-state index is 0. The minimum Gasteiger partial charge on any atom is -0.743 e. The molecule has 0 aromatic heterocycles. The average Bonchev–Trinajstić information content (AvgIpc) is 2.87. The second-order valence-corrected chi connectivity index (χ2v) is 17.0. The van der Waals surface area contributed by atoms with E-state index in [-0.39, 0.29) is 33.6 Å². The van der Waals surface area contributed by atoms with E-state index in [9.17, 15) is 40.4 Å². The predicted molar refractivity (Wildman–Crippen MR) is 160 cm³/mol. The third-order valence-electron chi connectivity index (χ3n) is 8.85. The molecule has 14 heteroatoms. The van der Waals surface area contributed by atoms with Crippen LogP contribution in [0.3, 0.4) is 0 Å². The van der Waals surface area contributed by atoms with E-state index >= 15 is 0 Å². The molecule has 246 valence electrons. The number of hydrogen-bond donors (Lipinski definition) is 1. The van der Waals surface area contributed by atoms with Gasteiger partial charge in [0.25, 0.3) is 0 Å². The molecule has 0 radical (unpaired) electrons. The van der Waals surface area contributed by atoms with E-state index in [0.29, 0.717) is 36.6 Å². The summed E-state index contributed by atoms with van der Waals surface area (Å²) in [6.07, 6.45) is 1.28. The number of carbonyl (C=O) groups excluding carboxylic acids is 1. The molecular formula is C29H43F4O7PS2. The van der Waals surface area contributed by atoms with Crippen molar-refractivity contribution < 1.29 is 49.9 Å². The average molecular weight is 675 g/mol. The monoisotopic (exact) mass is 674 g/mol. The van der Waals surface area contributed by atoms with Crippen LogP contribution in [0.2, 0.25) is 0 Å². The number of benzene rings is 1. The Labute approximate surface area is 257 Å². The smallest absolute Gasteiger partial charge is 0.396 e. The summed E-state index contributed by atoms with van der Waals surface area (Å²) in [6, 6.07) is 9.21. The first kappa shape index (κ1) is 36.5. The molecule has 5 fully saturated rings. The lowest BCUT2D eigenvalue weighted by Crippen LogP contribution is -2.58. The van der Waals surface area contributed by atoms with Crippen molar-refractivity contribution >= 4 is 36.9 Å². The number of carbonyl (C=O) groups is 1. The number of aliphatic hydroxyl groups is 1. The van der Waals surface area contributed by atoms with Gasteiger partial charge in [-0.2, -0.15) is 27.5 Å². The van der Waals surface area contributed by atoms with Gasteiger partial charge in [-0.3, -0.25) is 4.79 Å². The van der Waals surface area contributed by atoms with Gasteiger partial charge < -0.3 is 19.1 Å². The van der Waals surface area contributed by atoms with E-state index < -0.39 is 51.3 Å². The lowest BCUT2D eigenvalue weighted by Gasteiger charge is -2.58. The number of esters is 1. The Kier molecular flexibility index (Phi) is 11.1. The molecule has 43 heavy (non-hydrogen) atoms. The van der Waals surface area contributed by atoms with Gasteiger partial charge in [0.2, 0.25) is 0 Å². The highest BCUT2D eigenvalue weighted by atomic mass is 32.2. The van der Waals surface area contributed by atoms with E-state index in [1.165, 1.54) is 22.0 Å². The molecule has 1 N–H and O–H groups in total. The van der Waals surface area contributed by atoms with Gasteiger partial charge in [-0.15, -0.1) is 0 Å². The quantitative estimate of drug-likeness (QED) is 0.141. The van der Waals surface area contributed by atoms with Gasteiger partial charge in [-0.05, 0) is 73.5 Å². The Morgan fingerprint density at radius 3 is 2.05 bits per heavy atom. The predicted octanol–water partition coefficient (Wildman–Crippen LogP) is 5.07. The molecule has 4 saturated carbocycles. The molecule has 4 bridgehead atoms. The van der Waals surface area contributed by atoms with Gasteiger partial charge in [-0.1, -0.05) is 32.9 Å². The number of hydrogen-bond acceptors (Lipinski definition) is 7. The first-order valence-corrected chi connectivity index (χ1v) is 17.2. The van der Waals surface area contributed by atoms with Gasteiger partial charge in [-0.25, -0.2) is 8.42 Å². The van der Waals surface area contributed by atoms with Crippen molar-refractivity contribution in [2.45, 2.75) is 92.8 Å². The molecule has 3 atom stereocenters. The van der Waals surface area contributed by atoms with E-state index in [2.05, 4.69) is 45.0 Å². The number of halogens is 4. The molecule has 0 spiro atoms. The van der Waals surface area contributed by atoms with Crippen molar-refractivity contribution in [2.24, 2.45) is 17.3 Å². The van der Waals surface area contributed by atoms with Crippen LogP contribution >= 0.6 is 9.90 Å². The summed E-state index contributed by atoms with van der Waals surface area (Å²) in [5.74, 6) is -3.33. The number of alkyl halides is 4. The van der Waals surface area contributed by atoms with Crippen molar-refractivity contribution in [3.63, 3.8) is 0 Å². The first-order valence-electron chi connectivity index (χ1n) is 14.2. The van der Waals surface area contributed by atoms with Crippen LogP contribution in [0.4, 0.5) is 17.6 Å². The van der Waals surface area contributed by atoms with Crippen LogP contribution in [0.15, 0.2) is 29.2 Å². The highest BCUT2D eigenvalue weighted by Crippen LogP contribution is 2.62. The molecule has 1 aromatic rings. The lowest BCUT2D eigenvalue weighted by atomic mass is 9.48. The molecule has 1 saturated heterocycles. The van der Waals surface area contributed by atoms with Crippen molar-refractivity contribution in [1.29, 1.82) is 0 Å². The van der Waals surface area contributed by atoms with Crippen LogP contribution in [-0.4, -0.2) is 72.2 Å². The second kappa shape index (κ2) is 13.0. The molecule has 3 unspecified atom stereocenters. The fourth-order valence-corrected chi connectivity index (χ4v) is 9.42. The van der Waals surface area contributed by atoms with Gasteiger partial charge in [0.15, 0.2) is 15.0 Å². The maximum absolute atomic E-state index is 13.4. The summed E-state index contributed by atoms with van der Waals surface area (Å²) in [7, 11) is -6.13. The molecule has 1 aromatic carbocycles. The maximum atomic E-state index is 13.4. The summed E-state index contributed by atoms with van der Waals surface area (Å²) in [6.45, 7) is 7.51. The van der Waals surface area contributed by atoms with Crippen LogP contribution in [0.5, 0.6) is 0 Å². The summed E-state index contributed by atoms with van der Waals surface area (Å²) in [5, 5.41) is 4.75. The van der Waals surface area contributed by atoms with Gasteiger partial charge in [0, 0.05) is 10.9 Å². The van der Waals surface area contributed by atoms with Crippen LogP contribution in [0.1, 0.15) is 71.3 Å². The maximum Gasteiger partial charge on any atom is 0.396 e. The zero-order chi connectivity index (χ0) is 31.2. The zero-order valence-corrected chi connectivity index (χ0v) is 27.9. The molecular weight excluding hydrogens is 631 g/mol. The highest BCUT2D eigenvalue weighted by molar-refractivity contribution is 7.97. The fraction of sp³-hybridized carbons (Fsp3) is 0.759. The van der Waals surface area contributed by atoms with Crippen molar-refractivity contribution in [3.8, 4) is 0 Å². The third kappa shape index (κ3) is 8.06. The van der Waals surface area contributed by atoms with Crippen molar-refractivity contribution in [1.82, 2.24) is 0 Å². The van der Waals surface area contributed by atoms with E-state index in [4.69, 9.17) is 9.47 Å². The van der Waals surface area contributed by atoms with Crippen LogP contribution in [0, 0.1) is 17.3 Å². The Morgan fingerprint density at radius 1 is 1.05 bits per heavy atom. The lowest BCUT2D eigenvalue weighted by molar-refractivity contribution is -0.201. The van der Waals surface area contributed by atoms with Gasteiger partial charge in [0.05, 0.1) is 37.3 Å². The van der Waals surface area contributed by atoms with E-state index in [0.717, 1.165) is 19.6 Å². The fourth-order valence-electron chi connectivity index (χ4n) is 7.11. The van der Waals surface area contributed by atoms with Crippen LogP contribution in [-0.2, 0) is 40.7 Å². The molecule has 1 aliphatic heterocycles. The Hall–Kier alpha value is -0.980. The summed E-state index contributed by atoms with van der Waals surface area (Å²) in [4.78, 5) is 13.9. The summed E-state index contributed by atoms with van der Waals surface area (Å²) >= 11 is 0. The Bertz CT molecular complexity index is 1220. The van der Waals surface area contributed by atoms with Crippen LogP contribution < -0.4 is 0 Å². The minimum atomic E-state index is -6.56. The molecule has 5 aliphatic rings. The standard InChI is InChI=1S/C15H20F4O6S.C14H21OS.H3P/c16-14(17,15(18,19)26(22,23)24)1-2-25-11(20)12-4-9-3-10(5-12)7-13(21,6-9)8-12;1-14(2,3)12-4-6-13(7-5-12)16-10-8-15-9-11-16;/h9-10,21H,1-8H2,(H,22,23,24);4-7H,8-11H2,1-3H3;1H3/q;+1;/p-1. The SMILES string of the molecule is CC(C)(C)c1ccc([S+]2CCOCC2)cc1.O=C(OCCC(F)(F)C(F)(F)S(=O)(=O)[O-])C12CC3CC(CC(O)(C3)C1)C2.P. The van der Waals surface area contributed by atoms with Crippen LogP contribution in [0.25, 0.3) is 0 Å². The van der Waals surface area contributed by atoms with E-state index in [1.807, 2.05) is 0 Å². The topological polar surface area (TPSA) is 113 Å².